The fraction of sp³-hybridized carbons (Fsp3) is 0.0588. The summed E-state index contributed by atoms with van der Waals surface area (Å²) >= 11 is 12.9. The molecular formula is C17H14Cl2FN7OS. The molecule has 3 rings (SSSR count). The lowest BCUT2D eigenvalue weighted by atomic mass is 10.2. The molecule has 0 saturated heterocycles. The molecule has 2 aromatic carbocycles. The van der Waals surface area contributed by atoms with Gasteiger partial charge < -0.3 is 11.2 Å². The normalized spacial score (nSPS) is 11.0. The Balaban J connectivity index is 1.55. The van der Waals surface area contributed by atoms with Crippen LogP contribution in [-0.2, 0) is 4.79 Å². The maximum Gasteiger partial charge on any atom is 0.264 e. The van der Waals surface area contributed by atoms with Crippen molar-refractivity contribution in [3.8, 4) is 0 Å². The number of hydrogen-bond donors (Lipinski definition) is 3. The summed E-state index contributed by atoms with van der Waals surface area (Å²) < 4.78 is 14.7. The number of carbonyl (C=O) groups is 1. The summed E-state index contributed by atoms with van der Waals surface area (Å²) in [5, 5.41) is 15.4. The van der Waals surface area contributed by atoms with Crippen molar-refractivity contribution in [3.63, 3.8) is 0 Å². The van der Waals surface area contributed by atoms with Gasteiger partial charge >= 0.3 is 0 Å². The number of aromatic nitrogens is 3. The maximum absolute atomic E-state index is 13.5. The van der Waals surface area contributed by atoms with Crippen LogP contribution in [0.25, 0.3) is 0 Å². The van der Waals surface area contributed by atoms with Crippen molar-refractivity contribution in [1.29, 1.82) is 0 Å². The van der Waals surface area contributed by atoms with Crippen molar-refractivity contribution in [2.24, 2.45) is 5.10 Å². The minimum atomic E-state index is -0.407. The molecule has 1 amide bonds. The monoisotopic (exact) mass is 453 g/mol. The Morgan fingerprint density at radius 2 is 2.07 bits per heavy atom. The molecule has 4 N–H and O–H groups in total. The van der Waals surface area contributed by atoms with Gasteiger partial charge in [0.05, 0.1) is 22.7 Å². The van der Waals surface area contributed by atoms with Gasteiger partial charge in [0.25, 0.3) is 5.95 Å². The standard InChI is InChI=1S/C17H14Cl2FN7OS/c18-11-5-6-14(12(19)7-11)23-15(28)9-29-17-26-25-16(27(17)21)24-22-8-10-3-1-2-4-13(10)20/h1-8H,9,21H2,(H,23,28)(H,24,25)/b22-8+. The van der Waals surface area contributed by atoms with Crippen LogP contribution in [0.2, 0.25) is 10.0 Å². The van der Waals surface area contributed by atoms with E-state index in [-0.39, 0.29) is 22.8 Å². The summed E-state index contributed by atoms with van der Waals surface area (Å²) in [7, 11) is 0. The van der Waals surface area contributed by atoms with Gasteiger partial charge in [-0.2, -0.15) is 5.10 Å². The van der Waals surface area contributed by atoms with Crippen molar-refractivity contribution >= 4 is 58.7 Å². The maximum atomic E-state index is 13.5. The molecule has 0 fully saturated rings. The van der Waals surface area contributed by atoms with Gasteiger partial charge in [-0.05, 0) is 24.3 Å². The highest BCUT2D eigenvalue weighted by Crippen LogP contribution is 2.26. The van der Waals surface area contributed by atoms with E-state index in [1.807, 2.05) is 0 Å². The average molecular weight is 454 g/mol. The number of anilines is 2. The molecule has 0 aliphatic carbocycles. The van der Waals surface area contributed by atoms with Gasteiger partial charge in [-0.25, -0.2) is 14.5 Å². The van der Waals surface area contributed by atoms with Gasteiger partial charge in [0, 0.05) is 10.6 Å². The molecule has 0 spiro atoms. The lowest BCUT2D eigenvalue weighted by Gasteiger charge is -2.07. The number of nitrogens with one attached hydrogen (secondary N) is 2. The molecule has 0 atom stereocenters. The van der Waals surface area contributed by atoms with Crippen LogP contribution in [0.5, 0.6) is 0 Å². The summed E-state index contributed by atoms with van der Waals surface area (Å²) in [5.74, 6) is 5.31. The van der Waals surface area contributed by atoms with E-state index in [1.165, 1.54) is 18.3 Å². The fourth-order valence-corrected chi connectivity index (χ4v) is 3.21. The molecular weight excluding hydrogens is 440 g/mol. The van der Waals surface area contributed by atoms with E-state index in [1.54, 1.807) is 30.3 Å². The molecule has 0 radical (unpaired) electrons. The third kappa shape index (κ3) is 5.59. The summed E-state index contributed by atoms with van der Waals surface area (Å²) in [6.45, 7) is 0. The second-order valence-electron chi connectivity index (χ2n) is 5.53. The molecule has 1 aromatic heterocycles. The quantitative estimate of drug-likeness (QED) is 0.218. The van der Waals surface area contributed by atoms with E-state index in [2.05, 4.69) is 26.0 Å². The highest BCUT2D eigenvalue weighted by Gasteiger charge is 2.13. The second-order valence-corrected chi connectivity index (χ2v) is 7.31. The largest absolute Gasteiger partial charge is 0.334 e. The Kier molecular flexibility index (Phi) is 6.91. The summed E-state index contributed by atoms with van der Waals surface area (Å²) in [6.07, 6.45) is 1.29. The predicted molar refractivity (Wildman–Crippen MR) is 114 cm³/mol. The molecule has 3 aromatic rings. The van der Waals surface area contributed by atoms with E-state index < -0.39 is 5.82 Å². The van der Waals surface area contributed by atoms with Crippen LogP contribution >= 0.6 is 35.0 Å². The van der Waals surface area contributed by atoms with Crippen LogP contribution in [-0.4, -0.2) is 32.7 Å². The Labute approximate surface area is 179 Å². The van der Waals surface area contributed by atoms with Crippen molar-refractivity contribution in [2.45, 2.75) is 5.16 Å². The smallest absolute Gasteiger partial charge is 0.264 e. The molecule has 12 heteroatoms. The number of amides is 1. The molecule has 0 aliphatic heterocycles. The number of hydrogen-bond acceptors (Lipinski definition) is 7. The molecule has 0 saturated carbocycles. The minimum Gasteiger partial charge on any atom is -0.334 e. The number of nitrogens with two attached hydrogens (primary N) is 1. The molecule has 150 valence electrons. The van der Waals surface area contributed by atoms with Crippen LogP contribution in [0.3, 0.4) is 0 Å². The number of nitrogen functional groups attached to an aromatic ring is 1. The average Bonchev–Trinajstić information content (AvgIpc) is 3.04. The molecule has 0 unspecified atom stereocenters. The van der Waals surface area contributed by atoms with Crippen molar-refractivity contribution in [1.82, 2.24) is 14.9 Å². The van der Waals surface area contributed by atoms with E-state index >= 15 is 0 Å². The summed E-state index contributed by atoms with van der Waals surface area (Å²) in [6, 6.07) is 10.9. The number of carbonyl (C=O) groups excluding carboxylic acids is 1. The fourth-order valence-electron chi connectivity index (χ4n) is 2.10. The summed E-state index contributed by atoms with van der Waals surface area (Å²) in [4.78, 5) is 12.1. The van der Waals surface area contributed by atoms with Crippen LogP contribution in [0.1, 0.15) is 5.56 Å². The van der Waals surface area contributed by atoms with Gasteiger partial charge in [0.1, 0.15) is 5.82 Å². The second kappa shape index (κ2) is 9.59. The first-order valence-corrected chi connectivity index (χ1v) is 9.80. The molecule has 8 nitrogen and oxygen atoms in total. The number of halogens is 3. The van der Waals surface area contributed by atoms with E-state index in [0.29, 0.717) is 21.3 Å². The molecule has 29 heavy (non-hydrogen) atoms. The summed E-state index contributed by atoms with van der Waals surface area (Å²) in [5.41, 5.74) is 3.32. The van der Waals surface area contributed by atoms with Crippen molar-refractivity contribution < 1.29 is 9.18 Å². The molecule has 0 aliphatic rings. The van der Waals surface area contributed by atoms with E-state index in [4.69, 9.17) is 29.0 Å². The Morgan fingerprint density at radius 3 is 2.83 bits per heavy atom. The van der Waals surface area contributed by atoms with Crippen LogP contribution < -0.4 is 16.6 Å². The van der Waals surface area contributed by atoms with Gasteiger partial charge in [-0.15, -0.1) is 10.2 Å². The number of thioether (sulfide) groups is 1. The van der Waals surface area contributed by atoms with Gasteiger partial charge in [0.15, 0.2) is 0 Å². The Morgan fingerprint density at radius 1 is 1.28 bits per heavy atom. The zero-order valence-corrected chi connectivity index (χ0v) is 17.0. The van der Waals surface area contributed by atoms with Crippen LogP contribution in [0.4, 0.5) is 16.0 Å². The lowest BCUT2D eigenvalue weighted by molar-refractivity contribution is -0.113. The first-order valence-electron chi connectivity index (χ1n) is 8.06. The number of benzene rings is 2. The SMILES string of the molecule is Nn1c(N/N=C/c2ccccc2F)nnc1SCC(=O)Nc1ccc(Cl)cc1Cl. The van der Waals surface area contributed by atoms with Gasteiger partial charge in [-0.1, -0.05) is 53.2 Å². The van der Waals surface area contributed by atoms with Crippen molar-refractivity contribution in [2.75, 3.05) is 22.3 Å². The minimum absolute atomic E-state index is 0.0206. The van der Waals surface area contributed by atoms with E-state index in [0.717, 1.165) is 16.4 Å². The van der Waals surface area contributed by atoms with Gasteiger partial charge in [-0.3, -0.25) is 4.79 Å². The third-order valence-electron chi connectivity index (χ3n) is 3.48. The number of rotatable bonds is 7. The Hall–Kier alpha value is -2.82. The zero-order valence-electron chi connectivity index (χ0n) is 14.6. The van der Waals surface area contributed by atoms with E-state index in [9.17, 15) is 9.18 Å². The Bertz CT molecular complexity index is 1060. The topological polar surface area (TPSA) is 110 Å². The first-order chi connectivity index (χ1) is 13.9. The number of nitrogens with zero attached hydrogens (tertiary/aromatic N) is 4. The first kappa shape index (κ1) is 20.9. The lowest BCUT2D eigenvalue weighted by Crippen LogP contribution is -2.17. The van der Waals surface area contributed by atoms with Crippen LogP contribution in [0, 0.1) is 5.82 Å². The highest BCUT2D eigenvalue weighted by molar-refractivity contribution is 7.99. The molecule has 1 heterocycles. The van der Waals surface area contributed by atoms with Gasteiger partial charge in [0.2, 0.25) is 11.1 Å². The molecule has 0 bridgehead atoms. The number of hydrazone groups is 1. The predicted octanol–water partition coefficient (Wildman–Crippen LogP) is 3.61. The zero-order chi connectivity index (χ0) is 20.8. The van der Waals surface area contributed by atoms with Crippen molar-refractivity contribution in [3.05, 3.63) is 63.9 Å². The highest BCUT2D eigenvalue weighted by atomic mass is 35.5. The van der Waals surface area contributed by atoms with Crippen LogP contribution in [0.15, 0.2) is 52.7 Å². The third-order valence-corrected chi connectivity index (χ3v) is 4.97.